The Morgan fingerprint density at radius 1 is 1.04 bits per heavy atom. The molecule has 2 aromatic rings. The zero-order valence-corrected chi connectivity index (χ0v) is 13.8. The Kier molecular flexibility index (Phi) is 4.37. The molecule has 2 aromatic carbocycles. The fraction of sp³-hybridized carbons (Fsp3) is 0.400. The van der Waals surface area contributed by atoms with E-state index in [1.165, 1.54) is 0 Å². The lowest BCUT2D eigenvalue weighted by Gasteiger charge is -2.41. The van der Waals surface area contributed by atoms with Crippen LogP contribution in [-0.2, 0) is 31.3 Å². The summed E-state index contributed by atoms with van der Waals surface area (Å²) in [4.78, 5) is 0. The molecule has 0 aliphatic carbocycles. The quantitative estimate of drug-likeness (QED) is 0.845. The van der Waals surface area contributed by atoms with Crippen LogP contribution in [0.4, 0.5) is 0 Å². The molecule has 4 heteroatoms. The van der Waals surface area contributed by atoms with Crippen LogP contribution in [0.3, 0.4) is 0 Å². The van der Waals surface area contributed by atoms with Crippen molar-refractivity contribution in [2.24, 2.45) is 0 Å². The Hall–Kier alpha value is -1.72. The van der Waals surface area contributed by atoms with Gasteiger partial charge in [0.25, 0.3) is 0 Å². The molecule has 2 aliphatic heterocycles. The first-order valence-corrected chi connectivity index (χ1v) is 8.37. The monoisotopic (exact) mass is 326 g/mol. The highest BCUT2D eigenvalue weighted by Gasteiger charge is 2.57. The summed E-state index contributed by atoms with van der Waals surface area (Å²) in [6.07, 6.45) is 0.456. The highest BCUT2D eigenvalue weighted by molar-refractivity contribution is 5.24. The first-order valence-electron chi connectivity index (χ1n) is 8.37. The topological polar surface area (TPSA) is 36.9 Å². The second-order valence-corrected chi connectivity index (χ2v) is 6.30. The van der Waals surface area contributed by atoms with E-state index in [2.05, 4.69) is 12.1 Å². The zero-order valence-electron chi connectivity index (χ0n) is 13.8. The van der Waals surface area contributed by atoms with Gasteiger partial charge in [-0.05, 0) is 5.56 Å². The molecular weight excluding hydrogens is 304 g/mol. The van der Waals surface area contributed by atoms with Gasteiger partial charge in [-0.15, -0.1) is 0 Å². The normalized spacial score (nSPS) is 32.0. The van der Waals surface area contributed by atoms with Gasteiger partial charge in [0.05, 0.1) is 19.3 Å². The Bertz CT molecular complexity index is 660. The van der Waals surface area contributed by atoms with Crippen LogP contribution in [0, 0.1) is 0 Å². The van der Waals surface area contributed by atoms with E-state index in [1.54, 1.807) is 7.11 Å². The van der Waals surface area contributed by atoms with Crippen molar-refractivity contribution in [1.29, 1.82) is 0 Å². The van der Waals surface area contributed by atoms with Gasteiger partial charge in [0.2, 0.25) is 5.79 Å². The van der Waals surface area contributed by atoms with Crippen LogP contribution < -0.4 is 0 Å². The van der Waals surface area contributed by atoms with Gasteiger partial charge in [0.15, 0.2) is 0 Å². The lowest BCUT2D eigenvalue weighted by Crippen LogP contribution is -2.50. The number of methoxy groups -OCH3 is 1. The van der Waals surface area contributed by atoms with Gasteiger partial charge < -0.3 is 18.9 Å². The van der Waals surface area contributed by atoms with Gasteiger partial charge in [-0.3, -0.25) is 0 Å². The first kappa shape index (κ1) is 15.8. The number of benzene rings is 2. The molecule has 0 N–H and O–H groups in total. The number of fused-ring (bicyclic) bond motifs is 2. The van der Waals surface area contributed by atoms with Crippen LogP contribution in [0.25, 0.3) is 0 Å². The van der Waals surface area contributed by atoms with E-state index in [9.17, 15) is 0 Å². The van der Waals surface area contributed by atoms with Crippen molar-refractivity contribution in [3.05, 3.63) is 71.8 Å². The van der Waals surface area contributed by atoms with Gasteiger partial charge >= 0.3 is 0 Å². The third kappa shape index (κ3) is 2.76. The second-order valence-electron chi connectivity index (χ2n) is 6.30. The van der Waals surface area contributed by atoms with E-state index < -0.39 is 5.79 Å². The molecule has 0 unspecified atom stereocenters. The molecule has 0 spiro atoms. The van der Waals surface area contributed by atoms with Gasteiger partial charge in [-0.2, -0.15) is 0 Å². The SMILES string of the molecule is CO[C@@H]1C[C@H](OCc2ccccc2)[C@H]2CO[C@]1(c1ccccc1)O2. The summed E-state index contributed by atoms with van der Waals surface area (Å²) in [5.74, 6) is -0.812. The molecule has 2 heterocycles. The van der Waals surface area contributed by atoms with Crippen molar-refractivity contribution in [2.45, 2.75) is 37.1 Å². The number of hydrogen-bond acceptors (Lipinski definition) is 4. The fourth-order valence-electron chi connectivity index (χ4n) is 3.58. The van der Waals surface area contributed by atoms with Crippen molar-refractivity contribution < 1.29 is 18.9 Å². The highest BCUT2D eigenvalue weighted by atomic mass is 16.8. The van der Waals surface area contributed by atoms with Crippen LogP contribution in [0.1, 0.15) is 17.5 Å². The molecule has 126 valence electrons. The van der Waals surface area contributed by atoms with E-state index in [4.69, 9.17) is 18.9 Å². The second kappa shape index (κ2) is 6.65. The van der Waals surface area contributed by atoms with Crippen molar-refractivity contribution in [1.82, 2.24) is 0 Å². The molecule has 2 saturated heterocycles. The summed E-state index contributed by atoms with van der Waals surface area (Å²) < 4.78 is 24.3. The van der Waals surface area contributed by atoms with Gasteiger partial charge in [-0.25, -0.2) is 0 Å². The number of ether oxygens (including phenoxy) is 4. The van der Waals surface area contributed by atoms with Crippen molar-refractivity contribution >= 4 is 0 Å². The minimum absolute atomic E-state index is 0.0329. The van der Waals surface area contributed by atoms with Crippen molar-refractivity contribution in [3.8, 4) is 0 Å². The van der Waals surface area contributed by atoms with Gasteiger partial charge in [0.1, 0.15) is 12.2 Å². The standard InChI is InChI=1S/C20H22O4/c1-21-19-12-17(22-13-15-8-4-2-5-9-15)18-14-23-20(19,24-18)16-10-6-3-7-11-16/h2-11,17-19H,12-14H2,1H3/t17-,18+,19+,20+/m0/s1. The average Bonchev–Trinajstić information content (AvgIpc) is 3.04. The average molecular weight is 326 g/mol. The minimum atomic E-state index is -0.812. The molecule has 2 aliphatic rings. The number of rotatable bonds is 5. The van der Waals surface area contributed by atoms with Crippen LogP contribution in [-0.4, -0.2) is 32.0 Å². The fourth-order valence-corrected chi connectivity index (χ4v) is 3.58. The molecule has 4 rings (SSSR count). The van der Waals surface area contributed by atoms with Gasteiger partial charge in [-0.1, -0.05) is 60.7 Å². The highest BCUT2D eigenvalue weighted by Crippen LogP contribution is 2.46. The molecular formula is C20H22O4. The third-order valence-corrected chi connectivity index (χ3v) is 4.84. The predicted octanol–water partition coefficient (Wildman–Crippen LogP) is 3.26. The van der Waals surface area contributed by atoms with Crippen molar-refractivity contribution in [3.63, 3.8) is 0 Å². The molecule has 0 aromatic heterocycles. The molecule has 4 nitrogen and oxygen atoms in total. The summed E-state index contributed by atoms with van der Waals surface area (Å²) in [6.45, 7) is 1.09. The summed E-state index contributed by atoms with van der Waals surface area (Å²) >= 11 is 0. The minimum Gasteiger partial charge on any atom is -0.375 e. The maximum Gasteiger partial charge on any atom is 0.222 e. The summed E-state index contributed by atoms with van der Waals surface area (Å²) in [7, 11) is 1.70. The Morgan fingerprint density at radius 3 is 2.46 bits per heavy atom. The zero-order chi connectivity index (χ0) is 16.4. The summed E-state index contributed by atoms with van der Waals surface area (Å²) in [5, 5.41) is 0. The van der Waals surface area contributed by atoms with E-state index in [-0.39, 0.29) is 18.3 Å². The molecule has 4 atom stereocenters. The largest absolute Gasteiger partial charge is 0.375 e. The molecule has 2 bridgehead atoms. The Balaban J connectivity index is 1.51. The summed E-state index contributed by atoms with van der Waals surface area (Å²) in [6, 6.07) is 20.2. The summed E-state index contributed by atoms with van der Waals surface area (Å²) in [5.41, 5.74) is 2.16. The molecule has 0 saturated carbocycles. The van der Waals surface area contributed by atoms with E-state index in [0.29, 0.717) is 13.2 Å². The van der Waals surface area contributed by atoms with Crippen LogP contribution in [0.15, 0.2) is 60.7 Å². The van der Waals surface area contributed by atoms with Crippen LogP contribution in [0.5, 0.6) is 0 Å². The first-order chi connectivity index (χ1) is 11.8. The van der Waals surface area contributed by atoms with Crippen molar-refractivity contribution in [2.75, 3.05) is 13.7 Å². The van der Waals surface area contributed by atoms with Gasteiger partial charge in [0, 0.05) is 19.1 Å². The molecule has 0 amide bonds. The Labute approximate surface area is 142 Å². The molecule has 0 radical (unpaired) electrons. The third-order valence-electron chi connectivity index (χ3n) is 4.84. The smallest absolute Gasteiger partial charge is 0.222 e. The lowest BCUT2D eigenvalue weighted by molar-refractivity contribution is -0.282. The number of hydrogen-bond donors (Lipinski definition) is 0. The molecule has 2 fully saturated rings. The maximum absolute atomic E-state index is 6.30. The lowest BCUT2D eigenvalue weighted by atomic mass is 9.92. The van der Waals surface area contributed by atoms with Crippen LogP contribution in [0.2, 0.25) is 0 Å². The van der Waals surface area contributed by atoms with Crippen LogP contribution >= 0.6 is 0 Å². The maximum atomic E-state index is 6.30. The molecule has 24 heavy (non-hydrogen) atoms. The Morgan fingerprint density at radius 2 is 1.75 bits per heavy atom. The van der Waals surface area contributed by atoms with E-state index in [1.807, 2.05) is 48.5 Å². The van der Waals surface area contributed by atoms with E-state index in [0.717, 1.165) is 17.5 Å². The predicted molar refractivity (Wildman–Crippen MR) is 89.4 cm³/mol. The van der Waals surface area contributed by atoms with E-state index >= 15 is 0 Å².